The van der Waals surface area contributed by atoms with Gasteiger partial charge in [-0.15, -0.1) is 28.1 Å². The maximum atomic E-state index is 12.5. The van der Waals surface area contributed by atoms with Crippen molar-refractivity contribution >= 4 is 33.3 Å². The van der Waals surface area contributed by atoms with Gasteiger partial charge in [0, 0.05) is 11.4 Å². The van der Waals surface area contributed by atoms with E-state index >= 15 is 0 Å². The van der Waals surface area contributed by atoms with Crippen molar-refractivity contribution in [2.45, 2.75) is 44.8 Å². The van der Waals surface area contributed by atoms with Gasteiger partial charge in [0.15, 0.2) is 11.0 Å². The van der Waals surface area contributed by atoms with Crippen LogP contribution in [0.3, 0.4) is 0 Å². The summed E-state index contributed by atoms with van der Waals surface area (Å²) < 4.78 is 7.85. The highest BCUT2D eigenvalue weighted by molar-refractivity contribution is 7.98. The number of thioether (sulfide) groups is 1. The van der Waals surface area contributed by atoms with Gasteiger partial charge in [0.1, 0.15) is 23.0 Å². The molecule has 4 aromatic rings. The van der Waals surface area contributed by atoms with Crippen LogP contribution in [0.1, 0.15) is 27.7 Å². The number of aromatic amines is 1. The van der Waals surface area contributed by atoms with Crippen LogP contribution in [0.5, 0.6) is 5.75 Å². The van der Waals surface area contributed by atoms with Crippen LogP contribution in [-0.2, 0) is 18.9 Å². The lowest BCUT2D eigenvalue weighted by Crippen LogP contribution is -2.11. The summed E-state index contributed by atoms with van der Waals surface area (Å²) in [5, 5.41) is 10.0. The Morgan fingerprint density at radius 2 is 2.13 bits per heavy atom. The van der Waals surface area contributed by atoms with E-state index in [2.05, 4.69) is 26.7 Å². The fourth-order valence-electron chi connectivity index (χ4n) is 3.20. The standard InChI is InChI=1S/C22H23N5O2S2/c1-5-9-27-18(11-29-16-8-6-7-13(2)10-16)25-26-22(27)30-12-17-23-20(28)19-14(3)15(4)31-21(19)24-17/h5-8,10H,1,9,11-12H2,2-4H3,(H,23,24,28). The number of aromatic nitrogens is 5. The SMILES string of the molecule is C=CCn1c(COc2cccc(C)c2)nnc1SCc1nc2sc(C)c(C)c2c(=O)[nH]1. The van der Waals surface area contributed by atoms with Gasteiger partial charge in [0.05, 0.1) is 11.1 Å². The number of fused-ring (bicyclic) bond motifs is 1. The second-order valence-electron chi connectivity index (χ2n) is 7.17. The number of benzene rings is 1. The Balaban J connectivity index is 1.51. The molecule has 4 rings (SSSR count). The van der Waals surface area contributed by atoms with Gasteiger partial charge in [0.2, 0.25) is 0 Å². The maximum absolute atomic E-state index is 12.5. The van der Waals surface area contributed by atoms with Gasteiger partial charge in [-0.25, -0.2) is 4.98 Å². The second kappa shape index (κ2) is 9.07. The van der Waals surface area contributed by atoms with Gasteiger partial charge in [-0.2, -0.15) is 0 Å². The topological polar surface area (TPSA) is 85.7 Å². The van der Waals surface area contributed by atoms with Crippen LogP contribution in [0.25, 0.3) is 10.2 Å². The third-order valence-corrected chi connectivity index (χ3v) is 6.97. The zero-order valence-electron chi connectivity index (χ0n) is 17.6. The largest absolute Gasteiger partial charge is 0.486 e. The van der Waals surface area contributed by atoms with Gasteiger partial charge in [-0.3, -0.25) is 9.36 Å². The van der Waals surface area contributed by atoms with E-state index < -0.39 is 0 Å². The number of rotatable bonds is 8. The molecule has 9 heteroatoms. The first-order valence-corrected chi connectivity index (χ1v) is 11.6. The molecule has 0 spiro atoms. The first kappa shape index (κ1) is 21.3. The zero-order chi connectivity index (χ0) is 22.0. The van der Waals surface area contributed by atoms with Crippen molar-refractivity contribution < 1.29 is 4.74 Å². The molecule has 0 saturated carbocycles. The Hall–Kier alpha value is -2.91. The molecule has 1 N–H and O–H groups in total. The van der Waals surface area contributed by atoms with Crippen molar-refractivity contribution in [1.29, 1.82) is 0 Å². The first-order chi connectivity index (χ1) is 15.0. The first-order valence-electron chi connectivity index (χ1n) is 9.80. The lowest BCUT2D eigenvalue weighted by molar-refractivity contribution is 0.289. The minimum atomic E-state index is -0.0951. The highest BCUT2D eigenvalue weighted by atomic mass is 32.2. The lowest BCUT2D eigenvalue weighted by Gasteiger charge is -2.09. The zero-order valence-corrected chi connectivity index (χ0v) is 19.3. The predicted molar refractivity (Wildman–Crippen MR) is 125 cm³/mol. The Morgan fingerprint density at radius 1 is 1.29 bits per heavy atom. The van der Waals surface area contributed by atoms with E-state index in [9.17, 15) is 4.79 Å². The summed E-state index contributed by atoms with van der Waals surface area (Å²) in [6.07, 6.45) is 1.80. The Morgan fingerprint density at radius 3 is 2.90 bits per heavy atom. The lowest BCUT2D eigenvalue weighted by atomic mass is 10.2. The molecule has 7 nitrogen and oxygen atoms in total. The Kier molecular flexibility index (Phi) is 6.24. The molecule has 0 aliphatic rings. The van der Waals surface area contributed by atoms with Crippen LogP contribution in [0.15, 0.2) is 46.9 Å². The molecule has 0 bridgehead atoms. The van der Waals surface area contributed by atoms with Crippen LogP contribution < -0.4 is 10.3 Å². The van der Waals surface area contributed by atoms with Gasteiger partial charge >= 0.3 is 0 Å². The number of ether oxygens (including phenoxy) is 1. The molecule has 160 valence electrons. The number of allylic oxidation sites excluding steroid dienone is 1. The second-order valence-corrected chi connectivity index (χ2v) is 9.31. The molecular weight excluding hydrogens is 430 g/mol. The average molecular weight is 454 g/mol. The predicted octanol–water partition coefficient (Wildman–Crippen LogP) is 4.56. The summed E-state index contributed by atoms with van der Waals surface area (Å²) in [4.78, 5) is 21.9. The van der Waals surface area contributed by atoms with E-state index in [1.807, 2.05) is 49.6 Å². The Bertz CT molecular complexity index is 1310. The normalized spacial score (nSPS) is 11.2. The van der Waals surface area contributed by atoms with Gasteiger partial charge in [0.25, 0.3) is 5.56 Å². The van der Waals surface area contributed by atoms with E-state index in [4.69, 9.17) is 4.74 Å². The van der Waals surface area contributed by atoms with Crippen LogP contribution in [0, 0.1) is 20.8 Å². The number of aryl methyl sites for hydroxylation is 3. The van der Waals surface area contributed by atoms with Crippen LogP contribution in [0.2, 0.25) is 0 Å². The van der Waals surface area contributed by atoms with E-state index in [1.165, 1.54) is 11.8 Å². The molecule has 0 unspecified atom stereocenters. The fraction of sp³-hybridized carbons (Fsp3) is 0.273. The third kappa shape index (κ3) is 4.57. The molecule has 0 amide bonds. The number of H-pyrrole nitrogens is 1. The molecule has 3 heterocycles. The van der Waals surface area contributed by atoms with Crippen molar-refractivity contribution in [1.82, 2.24) is 24.7 Å². The Labute approximate surface area is 188 Å². The smallest absolute Gasteiger partial charge is 0.259 e. The molecule has 31 heavy (non-hydrogen) atoms. The number of hydrogen-bond acceptors (Lipinski definition) is 7. The molecule has 0 saturated heterocycles. The van der Waals surface area contributed by atoms with E-state index in [0.717, 1.165) is 31.7 Å². The van der Waals surface area contributed by atoms with Crippen molar-refractivity contribution in [2.75, 3.05) is 0 Å². The van der Waals surface area contributed by atoms with Crippen molar-refractivity contribution in [2.24, 2.45) is 0 Å². The summed E-state index contributed by atoms with van der Waals surface area (Å²) in [6.45, 7) is 10.7. The van der Waals surface area contributed by atoms with E-state index in [-0.39, 0.29) is 5.56 Å². The number of nitrogens with zero attached hydrogens (tertiary/aromatic N) is 4. The summed E-state index contributed by atoms with van der Waals surface area (Å²) in [5.41, 5.74) is 2.04. The quantitative estimate of drug-likeness (QED) is 0.311. The molecule has 1 aromatic carbocycles. The van der Waals surface area contributed by atoms with Gasteiger partial charge < -0.3 is 9.72 Å². The highest BCUT2D eigenvalue weighted by Crippen LogP contribution is 2.27. The molecule has 0 fully saturated rings. The third-order valence-electron chi connectivity index (χ3n) is 4.89. The minimum absolute atomic E-state index is 0.0951. The van der Waals surface area contributed by atoms with Crippen LogP contribution >= 0.6 is 23.1 Å². The molecule has 0 atom stereocenters. The summed E-state index contributed by atoms with van der Waals surface area (Å²) >= 11 is 3.02. The van der Waals surface area contributed by atoms with Crippen molar-refractivity contribution in [3.63, 3.8) is 0 Å². The molecule has 0 aliphatic heterocycles. The van der Waals surface area contributed by atoms with Crippen LogP contribution in [-0.4, -0.2) is 24.7 Å². The van der Waals surface area contributed by atoms with E-state index in [1.54, 1.807) is 17.4 Å². The molecular formula is C22H23N5O2S2. The van der Waals surface area contributed by atoms with Gasteiger partial charge in [-0.1, -0.05) is 30.0 Å². The number of hydrogen-bond donors (Lipinski definition) is 1. The molecule has 0 aliphatic carbocycles. The monoisotopic (exact) mass is 453 g/mol. The summed E-state index contributed by atoms with van der Waals surface area (Å²) in [7, 11) is 0. The fourth-order valence-corrected chi connectivity index (χ4v) is 5.08. The summed E-state index contributed by atoms with van der Waals surface area (Å²) in [5.74, 6) is 2.61. The van der Waals surface area contributed by atoms with Crippen molar-refractivity contribution in [3.05, 3.63) is 74.9 Å². The van der Waals surface area contributed by atoms with Crippen LogP contribution in [0.4, 0.5) is 0 Å². The summed E-state index contributed by atoms with van der Waals surface area (Å²) in [6, 6.07) is 7.89. The number of thiophene rings is 1. The van der Waals surface area contributed by atoms with Gasteiger partial charge in [-0.05, 0) is 44.0 Å². The molecule has 3 aromatic heterocycles. The minimum Gasteiger partial charge on any atom is -0.486 e. The van der Waals surface area contributed by atoms with Crippen molar-refractivity contribution in [3.8, 4) is 5.75 Å². The maximum Gasteiger partial charge on any atom is 0.259 e. The van der Waals surface area contributed by atoms with E-state index in [0.29, 0.717) is 35.9 Å². The highest BCUT2D eigenvalue weighted by Gasteiger charge is 2.15. The molecule has 0 radical (unpaired) electrons. The number of nitrogens with one attached hydrogen (secondary N) is 1. The average Bonchev–Trinajstić information content (AvgIpc) is 3.25.